The summed E-state index contributed by atoms with van der Waals surface area (Å²) in [6, 6.07) is 11.7. The molecule has 0 bridgehead atoms. The molecule has 2 aromatic rings. The van der Waals surface area contributed by atoms with Gasteiger partial charge in [0.2, 0.25) is 5.91 Å². The highest BCUT2D eigenvalue weighted by Gasteiger charge is 2.26. The first-order valence-electron chi connectivity index (χ1n) is 9.61. The van der Waals surface area contributed by atoms with Gasteiger partial charge in [-0.2, -0.15) is 0 Å². The molecule has 0 aliphatic carbocycles. The molecule has 27 heavy (non-hydrogen) atoms. The summed E-state index contributed by atoms with van der Waals surface area (Å²) >= 11 is 0. The zero-order valence-corrected chi connectivity index (χ0v) is 16.1. The Bertz CT molecular complexity index is 711. The molecule has 0 saturated carbocycles. The molecule has 2 heterocycles. The van der Waals surface area contributed by atoms with E-state index in [0.717, 1.165) is 25.4 Å². The maximum Gasteiger partial charge on any atom is 0.226 e. The summed E-state index contributed by atoms with van der Waals surface area (Å²) in [5.74, 6) is 1.61. The first kappa shape index (κ1) is 19.5. The van der Waals surface area contributed by atoms with Gasteiger partial charge in [-0.15, -0.1) is 0 Å². The summed E-state index contributed by atoms with van der Waals surface area (Å²) in [4.78, 5) is 14.8. The quantitative estimate of drug-likeness (QED) is 0.707. The van der Waals surface area contributed by atoms with Crippen molar-refractivity contribution in [1.82, 2.24) is 10.2 Å². The van der Waals surface area contributed by atoms with Crippen molar-refractivity contribution >= 4 is 11.6 Å². The van der Waals surface area contributed by atoms with Crippen molar-refractivity contribution in [1.29, 1.82) is 0 Å². The van der Waals surface area contributed by atoms with Gasteiger partial charge in [0, 0.05) is 19.0 Å². The molecule has 1 fully saturated rings. The van der Waals surface area contributed by atoms with E-state index in [0.29, 0.717) is 17.9 Å². The van der Waals surface area contributed by atoms with Crippen LogP contribution in [-0.2, 0) is 4.79 Å². The standard InChI is InChI=1S/C21H29N3O3/c1-16(14-21(25)23-17-8-3-4-9-19(17)26-2)22-15-18(20-10-7-13-27-20)24-11-5-6-12-24/h3-4,7-10,13,16,18,22H,5-6,11-12,14-15H2,1-2H3,(H,23,25)/t16-,18-/m0/s1. The van der Waals surface area contributed by atoms with Gasteiger partial charge in [0.15, 0.2) is 0 Å². The van der Waals surface area contributed by atoms with Crippen molar-refractivity contribution in [3.63, 3.8) is 0 Å². The monoisotopic (exact) mass is 371 g/mol. The first-order chi connectivity index (χ1) is 13.2. The number of carbonyl (C=O) groups is 1. The molecule has 1 amide bonds. The lowest BCUT2D eigenvalue weighted by Gasteiger charge is -2.27. The van der Waals surface area contributed by atoms with E-state index in [1.165, 1.54) is 12.8 Å². The van der Waals surface area contributed by atoms with Gasteiger partial charge < -0.3 is 19.8 Å². The number of hydrogen-bond donors (Lipinski definition) is 2. The Morgan fingerprint density at radius 1 is 1.22 bits per heavy atom. The van der Waals surface area contributed by atoms with Crippen molar-refractivity contribution in [2.75, 3.05) is 32.1 Å². The molecule has 1 aromatic carbocycles. The molecule has 0 radical (unpaired) electrons. The third-order valence-corrected chi connectivity index (χ3v) is 4.99. The molecular formula is C21H29N3O3. The molecule has 6 nitrogen and oxygen atoms in total. The summed E-state index contributed by atoms with van der Waals surface area (Å²) < 4.78 is 10.9. The van der Waals surface area contributed by atoms with Crippen LogP contribution in [0, 0.1) is 0 Å². The SMILES string of the molecule is COc1ccccc1NC(=O)C[C@H](C)NC[C@@H](c1ccco1)N1CCCC1. The van der Waals surface area contributed by atoms with Gasteiger partial charge in [-0.25, -0.2) is 0 Å². The number of nitrogens with one attached hydrogen (secondary N) is 2. The van der Waals surface area contributed by atoms with Crippen LogP contribution in [0.15, 0.2) is 47.1 Å². The Balaban J connectivity index is 1.51. The zero-order chi connectivity index (χ0) is 19.1. The molecule has 0 spiro atoms. The van der Waals surface area contributed by atoms with Crippen LogP contribution in [-0.4, -0.2) is 43.6 Å². The Morgan fingerprint density at radius 2 is 2.00 bits per heavy atom. The van der Waals surface area contributed by atoms with Gasteiger partial charge in [0.05, 0.1) is 25.1 Å². The van der Waals surface area contributed by atoms with E-state index < -0.39 is 0 Å². The molecule has 0 unspecified atom stereocenters. The van der Waals surface area contributed by atoms with E-state index in [4.69, 9.17) is 9.15 Å². The van der Waals surface area contributed by atoms with Crippen LogP contribution in [0.5, 0.6) is 5.75 Å². The second-order valence-corrected chi connectivity index (χ2v) is 7.04. The normalized spacial score (nSPS) is 16.8. The number of amides is 1. The molecule has 146 valence electrons. The molecule has 2 atom stereocenters. The minimum Gasteiger partial charge on any atom is -0.495 e. The zero-order valence-electron chi connectivity index (χ0n) is 16.1. The van der Waals surface area contributed by atoms with Crippen molar-refractivity contribution in [3.05, 3.63) is 48.4 Å². The lowest BCUT2D eigenvalue weighted by atomic mass is 10.1. The van der Waals surface area contributed by atoms with Crippen molar-refractivity contribution in [3.8, 4) is 5.75 Å². The van der Waals surface area contributed by atoms with Crippen LogP contribution in [0.4, 0.5) is 5.69 Å². The van der Waals surface area contributed by atoms with Crippen LogP contribution in [0.2, 0.25) is 0 Å². The summed E-state index contributed by atoms with van der Waals surface area (Å²) in [5, 5.41) is 6.43. The number of likely N-dealkylation sites (tertiary alicyclic amines) is 1. The molecule has 1 aliphatic heterocycles. The topological polar surface area (TPSA) is 66.7 Å². The predicted molar refractivity (Wildman–Crippen MR) is 106 cm³/mol. The van der Waals surface area contributed by atoms with Gasteiger partial charge in [-0.3, -0.25) is 9.69 Å². The summed E-state index contributed by atoms with van der Waals surface area (Å²) in [7, 11) is 1.60. The minimum atomic E-state index is -0.0322. The second-order valence-electron chi connectivity index (χ2n) is 7.04. The number of benzene rings is 1. The first-order valence-corrected chi connectivity index (χ1v) is 9.61. The number of hydrogen-bond acceptors (Lipinski definition) is 5. The number of furan rings is 1. The Hall–Kier alpha value is -2.31. The average Bonchev–Trinajstić information content (AvgIpc) is 3.37. The number of methoxy groups -OCH3 is 1. The Labute approximate surface area is 160 Å². The maximum atomic E-state index is 12.4. The molecule has 3 rings (SSSR count). The lowest BCUT2D eigenvalue weighted by molar-refractivity contribution is -0.116. The third-order valence-electron chi connectivity index (χ3n) is 4.99. The third kappa shape index (κ3) is 5.34. The van der Waals surface area contributed by atoms with Crippen LogP contribution in [0.1, 0.15) is 38.0 Å². The summed E-state index contributed by atoms with van der Waals surface area (Å²) in [6.45, 7) is 4.98. The van der Waals surface area contributed by atoms with Crippen molar-refractivity contribution < 1.29 is 13.9 Å². The van der Waals surface area contributed by atoms with E-state index in [2.05, 4.69) is 15.5 Å². The van der Waals surface area contributed by atoms with Gasteiger partial charge in [0.1, 0.15) is 11.5 Å². The number of carbonyl (C=O) groups excluding carboxylic acids is 1. The van der Waals surface area contributed by atoms with E-state index in [1.54, 1.807) is 13.4 Å². The molecule has 1 saturated heterocycles. The van der Waals surface area contributed by atoms with Crippen LogP contribution in [0.3, 0.4) is 0 Å². The highest BCUT2D eigenvalue weighted by atomic mass is 16.5. The number of ether oxygens (including phenoxy) is 1. The van der Waals surface area contributed by atoms with E-state index >= 15 is 0 Å². The smallest absolute Gasteiger partial charge is 0.226 e. The minimum absolute atomic E-state index is 0.0322. The van der Waals surface area contributed by atoms with Gasteiger partial charge >= 0.3 is 0 Å². The van der Waals surface area contributed by atoms with Gasteiger partial charge in [-0.1, -0.05) is 12.1 Å². The number of anilines is 1. The maximum absolute atomic E-state index is 12.4. The fraction of sp³-hybridized carbons (Fsp3) is 0.476. The summed E-state index contributed by atoms with van der Waals surface area (Å²) in [6.07, 6.45) is 4.58. The van der Waals surface area contributed by atoms with Gasteiger partial charge in [0.25, 0.3) is 0 Å². The molecule has 6 heteroatoms. The van der Waals surface area contributed by atoms with E-state index in [-0.39, 0.29) is 18.0 Å². The average molecular weight is 371 g/mol. The number of rotatable bonds is 9. The molecular weight excluding hydrogens is 342 g/mol. The highest BCUT2D eigenvalue weighted by Crippen LogP contribution is 2.25. The van der Waals surface area contributed by atoms with Gasteiger partial charge in [-0.05, 0) is 57.1 Å². The van der Waals surface area contributed by atoms with E-state index in [9.17, 15) is 4.79 Å². The molecule has 2 N–H and O–H groups in total. The van der Waals surface area contributed by atoms with E-state index in [1.807, 2.05) is 43.3 Å². The van der Waals surface area contributed by atoms with Crippen molar-refractivity contribution in [2.24, 2.45) is 0 Å². The summed E-state index contributed by atoms with van der Waals surface area (Å²) in [5.41, 5.74) is 0.697. The van der Waals surface area contributed by atoms with Crippen LogP contribution in [0.25, 0.3) is 0 Å². The molecule has 1 aromatic heterocycles. The Morgan fingerprint density at radius 3 is 2.70 bits per heavy atom. The Kier molecular flexibility index (Phi) is 6.90. The number of para-hydroxylation sites is 2. The lowest BCUT2D eigenvalue weighted by Crippen LogP contribution is -2.39. The highest BCUT2D eigenvalue weighted by molar-refractivity contribution is 5.92. The van der Waals surface area contributed by atoms with Crippen molar-refractivity contribution in [2.45, 2.75) is 38.3 Å². The van der Waals surface area contributed by atoms with Crippen LogP contribution >= 0.6 is 0 Å². The fourth-order valence-corrected chi connectivity index (χ4v) is 3.56. The predicted octanol–water partition coefficient (Wildman–Crippen LogP) is 3.43. The number of nitrogens with zero attached hydrogens (tertiary/aromatic N) is 1. The van der Waals surface area contributed by atoms with Crippen LogP contribution < -0.4 is 15.4 Å². The second kappa shape index (κ2) is 9.58. The molecule has 1 aliphatic rings. The largest absolute Gasteiger partial charge is 0.495 e. The fourth-order valence-electron chi connectivity index (χ4n) is 3.56.